The van der Waals surface area contributed by atoms with Gasteiger partial charge in [-0.25, -0.2) is 0 Å². The maximum Gasteiger partial charge on any atom is 0.256 e. The molecule has 0 saturated carbocycles. The molecule has 0 bridgehead atoms. The molecule has 0 aliphatic heterocycles. The largest absolute Gasteiger partial charge is 0.337 e. The van der Waals surface area contributed by atoms with E-state index in [0.29, 0.717) is 27.8 Å². The van der Waals surface area contributed by atoms with E-state index >= 15 is 0 Å². The van der Waals surface area contributed by atoms with E-state index < -0.39 is 0 Å². The third-order valence-electron chi connectivity index (χ3n) is 3.52. The Kier molecular flexibility index (Phi) is 4.78. The average molecular weight is 362 g/mol. The number of rotatable bonds is 4. The van der Waals surface area contributed by atoms with Crippen molar-refractivity contribution >= 4 is 29.1 Å². The predicted molar refractivity (Wildman–Crippen MR) is 91.4 cm³/mol. The summed E-state index contributed by atoms with van der Waals surface area (Å²) < 4.78 is 1.45. The Morgan fingerprint density at radius 3 is 2.71 bits per heavy atom. The highest BCUT2D eigenvalue weighted by Gasteiger charge is 2.18. The van der Waals surface area contributed by atoms with Gasteiger partial charge in [0, 0.05) is 13.6 Å². The first-order valence-corrected chi connectivity index (χ1v) is 7.84. The first-order valence-electron chi connectivity index (χ1n) is 7.08. The number of hydrogen-bond donors (Lipinski definition) is 0. The van der Waals surface area contributed by atoms with Crippen molar-refractivity contribution in [3.05, 3.63) is 70.0 Å². The van der Waals surface area contributed by atoms with Gasteiger partial charge in [-0.15, -0.1) is 5.10 Å². The summed E-state index contributed by atoms with van der Waals surface area (Å²) in [5.74, 6) is -0.169. The Hall–Kier alpha value is -2.44. The molecule has 3 aromatic rings. The van der Waals surface area contributed by atoms with Crippen LogP contribution in [0.3, 0.4) is 0 Å². The average Bonchev–Trinajstić information content (AvgIpc) is 3.12. The minimum Gasteiger partial charge on any atom is -0.337 e. The highest BCUT2D eigenvalue weighted by Crippen LogP contribution is 2.27. The molecule has 24 heavy (non-hydrogen) atoms. The van der Waals surface area contributed by atoms with Gasteiger partial charge in [-0.1, -0.05) is 47.5 Å². The molecule has 122 valence electrons. The standard InChI is InChI=1S/C16H13Cl2N5O/c1-22(9-11-5-4-7-13(17)15(11)18)16(24)12-6-2-3-8-14(12)23-10-19-20-21-23/h2-8,10H,9H2,1H3. The first-order chi connectivity index (χ1) is 11.6. The molecule has 0 unspecified atom stereocenters. The number of para-hydroxylation sites is 1. The topological polar surface area (TPSA) is 63.9 Å². The van der Waals surface area contributed by atoms with Crippen molar-refractivity contribution in [1.82, 2.24) is 25.1 Å². The molecule has 0 saturated heterocycles. The lowest BCUT2D eigenvalue weighted by Gasteiger charge is -2.19. The summed E-state index contributed by atoms with van der Waals surface area (Å²) in [7, 11) is 1.70. The van der Waals surface area contributed by atoms with Gasteiger partial charge >= 0.3 is 0 Å². The minimum atomic E-state index is -0.169. The molecule has 2 aromatic carbocycles. The molecule has 0 spiro atoms. The molecule has 0 aliphatic rings. The Morgan fingerprint density at radius 2 is 1.96 bits per heavy atom. The van der Waals surface area contributed by atoms with Crippen molar-refractivity contribution in [3.63, 3.8) is 0 Å². The summed E-state index contributed by atoms with van der Waals surface area (Å²) in [6.45, 7) is 0.335. The number of halogens is 2. The maximum atomic E-state index is 12.8. The van der Waals surface area contributed by atoms with Crippen LogP contribution in [0.15, 0.2) is 48.8 Å². The van der Waals surface area contributed by atoms with Crippen LogP contribution in [0.4, 0.5) is 0 Å². The molecule has 8 heteroatoms. The Balaban J connectivity index is 1.88. The highest BCUT2D eigenvalue weighted by molar-refractivity contribution is 6.42. The zero-order valence-corrected chi connectivity index (χ0v) is 14.2. The van der Waals surface area contributed by atoms with E-state index in [1.807, 2.05) is 12.1 Å². The first kappa shape index (κ1) is 16.4. The molecule has 1 amide bonds. The third kappa shape index (κ3) is 3.25. The van der Waals surface area contributed by atoms with E-state index in [2.05, 4.69) is 15.5 Å². The van der Waals surface area contributed by atoms with Crippen LogP contribution >= 0.6 is 23.2 Å². The lowest BCUT2D eigenvalue weighted by Crippen LogP contribution is -2.27. The number of nitrogens with zero attached hydrogens (tertiary/aromatic N) is 5. The van der Waals surface area contributed by atoms with Crippen LogP contribution in [0.5, 0.6) is 0 Å². The fraction of sp³-hybridized carbons (Fsp3) is 0.125. The van der Waals surface area contributed by atoms with E-state index in [9.17, 15) is 4.79 Å². The van der Waals surface area contributed by atoms with Crippen molar-refractivity contribution < 1.29 is 4.79 Å². The molecule has 6 nitrogen and oxygen atoms in total. The van der Waals surface area contributed by atoms with Gasteiger partial charge in [0.15, 0.2) is 0 Å². The summed E-state index contributed by atoms with van der Waals surface area (Å²) >= 11 is 12.2. The quantitative estimate of drug-likeness (QED) is 0.715. The van der Waals surface area contributed by atoms with Crippen molar-refractivity contribution in [2.75, 3.05) is 7.05 Å². The van der Waals surface area contributed by atoms with Crippen LogP contribution in [0.1, 0.15) is 15.9 Å². The fourth-order valence-corrected chi connectivity index (χ4v) is 2.71. The highest BCUT2D eigenvalue weighted by atomic mass is 35.5. The molecule has 3 rings (SSSR count). The van der Waals surface area contributed by atoms with Gasteiger partial charge in [0.05, 0.1) is 21.3 Å². The van der Waals surface area contributed by atoms with E-state index in [1.54, 1.807) is 42.3 Å². The number of tetrazole rings is 1. The molecule has 0 radical (unpaired) electrons. The monoisotopic (exact) mass is 361 g/mol. The Bertz CT molecular complexity index is 867. The Labute approximate surface area is 148 Å². The number of carbonyl (C=O) groups excluding carboxylic acids is 1. The van der Waals surface area contributed by atoms with Crippen molar-refractivity contribution in [1.29, 1.82) is 0 Å². The lowest BCUT2D eigenvalue weighted by atomic mass is 10.1. The van der Waals surface area contributed by atoms with Crippen molar-refractivity contribution in [2.24, 2.45) is 0 Å². The van der Waals surface area contributed by atoms with Crippen LogP contribution in [0.2, 0.25) is 10.0 Å². The van der Waals surface area contributed by atoms with Crippen LogP contribution in [-0.4, -0.2) is 38.1 Å². The lowest BCUT2D eigenvalue weighted by molar-refractivity contribution is 0.0785. The summed E-state index contributed by atoms with van der Waals surface area (Å²) in [6, 6.07) is 12.5. The number of amides is 1. The summed E-state index contributed by atoms with van der Waals surface area (Å²) in [4.78, 5) is 14.4. The molecule has 0 atom stereocenters. The van der Waals surface area contributed by atoms with Gasteiger partial charge in [0.1, 0.15) is 6.33 Å². The number of carbonyl (C=O) groups is 1. The van der Waals surface area contributed by atoms with E-state index in [-0.39, 0.29) is 5.91 Å². The van der Waals surface area contributed by atoms with Gasteiger partial charge in [-0.05, 0) is 34.2 Å². The van der Waals surface area contributed by atoms with Crippen molar-refractivity contribution in [2.45, 2.75) is 6.54 Å². The summed E-state index contributed by atoms with van der Waals surface area (Å²) in [6.07, 6.45) is 1.44. The van der Waals surface area contributed by atoms with E-state index in [4.69, 9.17) is 23.2 Å². The maximum absolute atomic E-state index is 12.8. The van der Waals surface area contributed by atoms with Gasteiger partial charge in [-0.3, -0.25) is 4.79 Å². The molecule has 0 aliphatic carbocycles. The van der Waals surface area contributed by atoms with Gasteiger partial charge in [0.2, 0.25) is 0 Å². The van der Waals surface area contributed by atoms with Gasteiger partial charge < -0.3 is 4.90 Å². The number of hydrogen-bond acceptors (Lipinski definition) is 4. The fourth-order valence-electron chi connectivity index (χ4n) is 2.33. The predicted octanol–water partition coefficient (Wildman–Crippen LogP) is 3.24. The van der Waals surface area contributed by atoms with Crippen molar-refractivity contribution in [3.8, 4) is 5.69 Å². The molecule has 1 aromatic heterocycles. The Morgan fingerprint density at radius 1 is 1.17 bits per heavy atom. The minimum absolute atomic E-state index is 0.169. The van der Waals surface area contributed by atoms with Gasteiger partial charge in [-0.2, -0.15) is 4.68 Å². The number of aromatic nitrogens is 4. The van der Waals surface area contributed by atoms with Crippen LogP contribution < -0.4 is 0 Å². The summed E-state index contributed by atoms with van der Waals surface area (Å²) in [5, 5.41) is 12.0. The normalized spacial score (nSPS) is 10.6. The smallest absolute Gasteiger partial charge is 0.256 e. The number of benzene rings is 2. The van der Waals surface area contributed by atoms with E-state index in [0.717, 1.165) is 5.56 Å². The van der Waals surface area contributed by atoms with Crippen LogP contribution in [0, 0.1) is 0 Å². The molecule has 1 heterocycles. The van der Waals surface area contributed by atoms with Gasteiger partial charge in [0.25, 0.3) is 5.91 Å². The zero-order chi connectivity index (χ0) is 17.1. The second-order valence-electron chi connectivity index (χ2n) is 5.15. The molecular weight excluding hydrogens is 349 g/mol. The third-order valence-corrected chi connectivity index (χ3v) is 4.37. The molecular formula is C16H13Cl2N5O. The molecule has 0 N–H and O–H groups in total. The second kappa shape index (κ2) is 6.98. The van der Waals surface area contributed by atoms with Crippen LogP contribution in [-0.2, 0) is 6.54 Å². The second-order valence-corrected chi connectivity index (χ2v) is 5.93. The van der Waals surface area contributed by atoms with Crippen LogP contribution in [0.25, 0.3) is 5.69 Å². The zero-order valence-electron chi connectivity index (χ0n) is 12.7. The summed E-state index contributed by atoms with van der Waals surface area (Å²) in [5.41, 5.74) is 1.88. The van der Waals surface area contributed by atoms with E-state index in [1.165, 1.54) is 11.0 Å². The molecule has 0 fully saturated rings. The SMILES string of the molecule is CN(Cc1cccc(Cl)c1Cl)C(=O)c1ccccc1-n1cnnn1.